The van der Waals surface area contributed by atoms with Gasteiger partial charge in [-0.15, -0.1) is 0 Å². The highest BCUT2D eigenvalue weighted by Gasteiger charge is 2.30. The lowest BCUT2D eigenvalue weighted by molar-refractivity contribution is -0.142. The first-order valence-electron chi connectivity index (χ1n) is 23.1. The third-order valence-electron chi connectivity index (χ3n) is 11.2. The standard InChI is InChI=1S/C48H63N9O12S/c1-31-26-35(68-25-11-16-42(58)51-23-24-52-46(62)38(19-20-43(59)60)54-48(64)69-30-33-12-6-5-7-13-33)27-32(2)44(31)70(65,66)56-39(47(63)67-4)29-53-45(61)34-17-18-36-37(55-57(3)40(36)28-34)14-10-22-50-41-15-8-9-21-49-41/h5-7,12-13,17-18,26-28,38-39,56H,8-11,14-16,19-25,29-30H2,1-4H3,(H,49,50)(H,51,58)(H,52,62)(H,53,61)(H,54,64)(H,59,60)/t38-,39-/m0/s1. The van der Waals surface area contributed by atoms with Crippen LogP contribution in [0.5, 0.6) is 5.75 Å². The maximum atomic E-state index is 13.8. The van der Waals surface area contributed by atoms with Gasteiger partial charge in [-0.05, 0) is 93.3 Å². The fourth-order valence-electron chi connectivity index (χ4n) is 7.73. The Morgan fingerprint density at radius 2 is 1.61 bits per heavy atom. The molecule has 7 N–H and O–H groups in total. The van der Waals surface area contributed by atoms with E-state index in [0.29, 0.717) is 28.9 Å². The highest BCUT2D eigenvalue weighted by atomic mass is 32.2. The number of amides is 4. The number of carboxylic acids is 1. The Hall–Kier alpha value is -7.07. The zero-order valence-corrected chi connectivity index (χ0v) is 40.7. The van der Waals surface area contributed by atoms with Crippen molar-refractivity contribution >= 4 is 62.5 Å². The van der Waals surface area contributed by atoms with Crippen molar-refractivity contribution in [2.24, 2.45) is 12.0 Å². The number of aliphatic imine (C=N–C) groups is 1. The number of ether oxygens (including phenoxy) is 3. The fourth-order valence-corrected chi connectivity index (χ4v) is 9.37. The molecular weight excluding hydrogens is 927 g/mol. The number of carboxylic acid groups (broad SMARTS) is 1. The van der Waals surface area contributed by atoms with Gasteiger partial charge in [-0.3, -0.25) is 33.6 Å². The van der Waals surface area contributed by atoms with E-state index in [1.165, 1.54) is 12.1 Å². The summed E-state index contributed by atoms with van der Waals surface area (Å²) in [5, 5.41) is 28.4. The van der Waals surface area contributed by atoms with E-state index >= 15 is 0 Å². The van der Waals surface area contributed by atoms with E-state index in [1.54, 1.807) is 62.0 Å². The number of benzene rings is 3. The number of nitrogens with zero attached hydrogens (tertiary/aromatic N) is 3. The predicted octanol–water partition coefficient (Wildman–Crippen LogP) is 3.10. The number of nitrogens with one attached hydrogen (secondary N) is 6. The van der Waals surface area contributed by atoms with Crippen molar-refractivity contribution in [1.82, 2.24) is 41.1 Å². The lowest BCUT2D eigenvalue weighted by atomic mass is 10.1. The van der Waals surface area contributed by atoms with Crippen LogP contribution in [0.15, 0.2) is 70.6 Å². The summed E-state index contributed by atoms with van der Waals surface area (Å²) in [5.74, 6) is -2.14. The van der Waals surface area contributed by atoms with Crippen molar-refractivity contribution in [2.45, 2.75) is 95.2 Å². The average molecular weight is 990 g/mol. The lowest BCUT2D eigenvalue weighted by Crippen LogP contribution is -2.49. The van der Waals surface area contributed by atoms with E-state index in [9.17, 15) is 37.2 Å². The topological polar surface area (TPSA) is 287 Å². The lowest BCUT2D eigenvalue weighted by Gasteiger charge is -2.20. The highest BCUT2D eigenvalue weighted by molar-refractivity contribution is 7.89. The van der Waals surface area contributed by atoms with Crippen LogP contribution in [0.1, 0.15) is 84.1 Å². The largest absolute Gasteiger partial charge is 0.494 e. The van der Waals surface area contributed by atoms with Crippen LogP contribution in [0.2, 0.25) is 0 Å². The van der Waals surface area contributed by atoms with Gasteiger partial charge < -0.3 is 45.9 Å². The molecule has 1 aromatic heterocycles. The van der Waals surface area contributed by atoms with E-state index in [4.69, 9.17) is 19.3 Å². The molecule has 22 heteroatoms. The molecule has 0 spiro atoms. The van der Waals surface area contributed by atoms with Gasteiger partial charge in [0.1, 0.15) is 24.4 Å². The first kappa shape index (κ1) is 53.9. The predicted molar refractivity (Wildman–Crippen MR) is 259 cm³/mol. The van der Waals surface area contributed by atoms with E-state index in [-0.39, 0.29) is 56.4 Å². The summed E-state index contributed by atoms with van der Waals surface area (Å²) in [5.41, 5.74) is 3.31. The van der Waals surface area contributed by atoms with Crippen LogP contribution in [0.25, 0.3) is 10.9 Å². The van der Waals surface area contributed by atoms with Gasteiger partial charge in [-0.1, -0.05) is 36.4 Å². The minimum absolute atomic E-state index is 0.00362. The number of carbonyl (C=O) groups is 6. The third-order valence-corrected chi connectivity index (χ3v) is 13.0. The third kappa shape index (κ3) is 16.6. The molecule has 1 aliphatic heterocycles. The van der Waals surface area contributed by atoms with Crippen molar-refractivity contribution in [3.63, 3.8) is 0 Å². The number of hydrogen-bond acceptors (Lipinski definition) is 14. The number of methoxy groups -OCH3 is 1. The maximum Gasteiger partial charge on any atom is 0.408 e. The molecule has 21 nitrogen and oxygen atoms in total. The van der Waals surface area contributed by atoms with Crippen molar-refractivity contribution in [2.75, 3.05) is 46.4 Å². The van der Waals surface area contributed by atoms with Crippen molar-refractivity contribution < 1.29 is 56.5 Å². The van der Waals surface area contributed by atoms with Gasteiger partial charge in [0.25, 0.3) is 5.91 Å². The minimum atomic E-state index is -4.34. The van der Waals surface area contributed by atoms with Gasteiger partial charge in [-0.2, -0.15) is 9.82 Å². The monoisotopic (exact) mass is 989 g/mol. The zero-order valence-electron chi connectivity index (χ0n) is 39.9. The highest BCUT2D eigenvalue weighted by Crippen LogP contribution is 2.27. The number of aliphatic carboxylic acids is 1. The number of esters is 1. The zero-order chi connectivity index (χ0) is 50.6. The molecule has 0 saturated carbocycles. The number of amidine groups is 1. The molecule has 3 aromatic carbocycles. The van der Waals surface area contributed by atoms with Crippen molar-refractivity contribution in [3.05, 3.63) is 88.6 Å². The molecule has 4 amide bonds. The van der Waals surface area contributed by atoms with Crippen LogP contribution in [0.4, 0.5) is 4.79 Å². The van der Waals surface area contributed by atoms with Crippen LogP contribution in [0.3, 0.4) is 0 Å². The van der Waals surface area contributed by atoms with Gasteiger partial charge in [0.15, 0.2) is 0 Å². The van der Waals surface area contributed by atoms with Crippen LogP contribution in [-0.4, -0.2) is 123 Å². The summed E-state index contributed by atoms with van der Waals surface area (Å²) >= 11 is 0. The van der Waals surface area contributed by atoms with Crippen molar-refractivity contribution in [3.8, 4) is 5.75 Å². The summed E-state index contributed by atoms with van der Waals surface area (Å²) < 4.78 is 47.5. The smallest absolute Gasteiger partial charge is 0.408 e. The second-order valence-corrected chi connectivity index (χ2v) is 18.3. The van der Waals surface area contributed by atoms with Gasteiger partial charge in [0, 0.05) is 70.0 Å². The molecule has 70 heavy (non-hydrogen) atoms. The Morgan fingerprint density at radius 3 is 2.31 bits per heavy atom. The number of alkyl carbamates (subject to hydrolysis) is 1. The molecule has 0 radical (unpaired) electrons. The quantitative estimate of drug-likeness (QED) is 0.0352. The van der Waals surface area contributed by atoms with Gasteiger partial charge in [0.05, 0.1) is 35.7 Å². The number of carbonyl (C=O) groups excluding carboxylic acids is 5. The molecule has 0 aliphatic carbocycles. The summed E-state index contributed by atoms with van der Waals surface area (Å²) in [6.45, 7) is 4.51. The Labute approximate surface area is 406 Å². The molecule has 1 aliphatic rings. The van der Waals surface area contributed by atoms with E-state index < -0.39 is 58.5 Å². The average Bonchev–Trinajstić information content (AvgIpc) is 3.65. The fraction of sp³-hybridized carbons (Fsp3) is 0.458. The van der Waals surface area contributed by atoms with E-state index in [1.807, 2.05) is 12.1 Å². The molecule has 0 bridgehead atoms. The van der Waals surface area contributed by atoms with Crippen molar-refractivity contribution in [1.29, 1.82) is 0 Å². The second kappa shape index (κ2) is 26.6. The summed E-state index contributed by atoms with van der Waals surface area (Å²) in [7, 11) is -1.43. The second-order valence-electron chi connectivity index (χ2n) is 16.7. The first-order valence-corrected chi connectivity index (χ1v) is 24.6. The molecular formula is C48H63N9O12S. The number of rotatable bonds is 26. The number of hydrogen-bond donors (Lipinski definition) is 7. The molecule has 4 aromatic rings. The van der Waals surface area contributed by atoms with Gasteiger partial charge in [-0.25, -0.2) is 13.2 Å². The SMILES string of the molecule is COC(=O)[C@H](CNC(=O)c1ccc2c(CCCNC3=NCCCC3)nn(C)c2c1)NS(=O)(=O)c1c(C)cc(OCCCC(=O)NCCNC(=O)[C@H](CCC(=O)O)NC(=O)OCc2ccccc2)cc1C. The van der Waals surface area contributed by atoms with Gasteiger partial charge >= 0.3 is 18.0 Å². The Bertz CT molecular complexity index is 2600. The molecule has 2 atom stereocenters. The van der Waals surface area contributed by atoms with E-state index in [2.05, 4.69) is 41.4 Å². The Kier molecular flexibility index (Phi) is 20.5. The molecule has 5 rings (SSSR count). The summed E-state index contributed by atoms with van der Waals surface area (Å²) in [4.78, 5) is 79.4. The normalized spacial score (nSPS) is 13.3. The van der Waals surface area contributed by atoms with Gasteiger partial charge in [0.2, 0.25) is 21.8 Å². The molecule has 0 fully saturated rings. The number of fused-ring (bicyclic) bond motifs is 1. The van der Waals surface area contributed by atoms with Crippen LogP contribution in [0, 0.1) is 13.8 Å². The molecule has 378 valence electrons. The number of sulfonamides is 1. The Balaban J connectivity index is 1.05. The van der Waals surface area contributed by atoms with Crippen LogP contribution >= 0.6 is 0 Å². The summed E-state index contributed by atoms with van der Waals surface area (Å²) in [6.07, 6.45) is 3.75. The van der Waals surface area contributed by atoms with Crippen LogP contribution < -0.4 is 36.0 Å². The maximum absolute atomic E-state index is 13.8. The Morgan fingerprint density at radius 1 is 0.871 bits per heavy atom. The molecule has 0 unspecified atom stereocenters. The van der Waals surface area contributed by atoms with E-state index in [0.717, 1.165) is 80.3 Å². The number of aromatic nitrogens is 2. The summed E-state index contributed by atoms with van der Waals surface area (Å²) in [6, 6.07) is 14.5. The van der Waals surface area contributed by atoms with Crippen LogP contribution in [-0.2, 0) is 58.8 Å². The first-order chi connectivity index (χ1) is 33.5. The minimum Gasteiger partial charge on any atom is -0.494 e. The number of aryl methyl sites for hydroxylation is 4. The molecule has 2 heterocycles. The molecule has 0 saturated heterocycles.